The molecular formula is C10H8F3N3O2S. The number of sulfonamides is 1. The van der Waals surface area contributed by atoms with E-state index in [4.69, 9.17) is 0 Å². The molecule has 0 aliphatic carbocycles. The van der Waals surface area contributed by atoms with E-state index in [1.807, 2.05) is 0 Å². The summed E-state index contributed by atoms with van der Waals surface area (Å²) < 4.78 is 64.4. The van der Waals surface area contributed by atoms with E-state index >= 15 is 0 Å². The van der Waals surface area contributed by atoms with Crippen molar-refractivity contribution in [3.63, 3.8) is 0 Å². The Morgan fingerprint density at radius 3 is 2.47 bits per heavy atom. The number of hydrogen-bond donors (Lipinski definition) is 2. The first kappa shape index (κ1) is 13.4. The van der Waals surface area contributed by atoms with Gasteiger partial charge in [-0.25, -0.2) is 18.2 Å². The van der Waals surface area contributed by atoms with Gasteiger partial charge in [-0.3, -0.25) is 4.72 Å². The number of imidazole rings is 1. The molecule has 102 valence electrons. The quantitative estimate of drug-likeness (QED) is 0.849. The molecule has 1 aromatic heterocycles. The lowest BCUT2D eigenvalue weighted by Crippen LogP contribution is -2.15. The Hall–Kier alpha value is -2.03. The zero-order valence-electron chi connectivity index (χ0n) is 9.54. The average molecular weight is 291 g/mol. The Morgan fingerprint density at radius 1 is 1.21 bits per heavy atom. The van der Waals surface area contributed by atoms with Gasteiger partial charge in [0, 0.05) is 0 Å². The van der Waals surface area contributed by atoms with Gasteiger partial charge in [0.1, 0.15) is 5.82 Å². The second-order valence-electron chi connectivity index (χ2n) is 3.66. The summed E-state index contributed by atoms with van der Waals surface area (Å²) >= 11 is 0. The first-order chi connectivity index (χ1) is 8.81. The standard InChI is InChI=1S/C10H8F3N3O2S/c1-5-14-4-8(15-5)19(17,18)16-7-3-2-6(11)9(12)10(7)13/h2-4,16H,1H3,(H,14,15). The molecule has 0 aliphatic heterocycles. The molecule has 0 amide bonds. The highest BCUT2D eigenvalue weighted by Gasteiger charge is 2.21. The van der Waals surface area contributed by atoms with Crippen molar-refractivity contribution in [3.8, 4) is 0 Å². The Bertz CT molecular complexity index is 728. The number of rotatable bonds is 3. The molecule has 2 rings (SSSR count). The summed E-state index contributed by atoms with van der Waals surface area (Å²) in [5, 5.41) is -0.311. The van der Waals surface area contributed by atoms with Crippen molar-refractivity contribution in [2.24, 2.45) is 0 Å². The summed E-state index contributed by atoms with van der Waals surface area (Å²) in [7, 11) is -4.14. The molecule has 0 fully saturated rings. The molecule has 9 heteroatoms. The van der Waals surface area contributed by atoms with Gasteiger partial charge >= 0.3 is 0 Å². The molecule has 0 atom stereocenters. The van der Waals surface area contributed by atoms with Crippen LogP contribution in [0.5, 0.6) is 0 Å². The lowest BCUT2D eigenvalue weighted by molar-refractivity contribution is 0.449. The van der Waals surface area contributed by atoms with Crippen LogP contribution in [0, 0.1) is 24.4 Å². The number of nitrogens with one attached hydrogen (secondary N) is 2. The number of aromatic amines is 1. The zero-order valence-corrected chi connectivity index (χ0v) is 10.4. The van der Waals surface area contributed by atoms with Gasteiger partial charge in [-0.05, 0) is 19.1 Å². The average Bonchev–Trinajstić information content (AvgIpc) is 2.78. The first-order valence-corrected chi connectivity index (χ1v) is 6.47. The molecule has 2 aromatic rings. The van der Waals surface area contributed by atoms with Crippen molar-refractivity contribution in [3.05, 3.63) is 41.6 Å². The lowest BCUT2D eigenvalue weighted by atomic mass is 10.3. The van der Waals surface area contributed by atoms with Crippen LogP contribution in [0.15, 0.2) is 23.4 Å². The SMILES string of the molecule is Cc1ncc(S(=O)(=O)Nc2ccc(F)c(F)c2F)[nH]1. The fourth-order valence-electron chi connectivity index (χ4n) is 1.34. The molecule has 0 saturated carbocycles. The highest BCUT2D eigenvalue weighted by Crippen LogP contribution is 2.22. The molecule has 19 heavy (non-hydrogen) atoms. The molecule has 0 aliphatic rings. The smallest absolute Gasteiger partial charge is 0.279 e. The second kappa shape index (κ2) is 4.57. The number of anilines is 1. The molecule has 2 N–H and O–H groups in total. The van der Waals surface area contributed by atoms with E-state index in [1.165, 1.54) is 6.92 Å². The van der Waals surface area contributed by atoms with Gasteiger partial charge in [-0.1, -0.05) is 0 Å². The zero-order chi connectivity index (χ0) is 14.2. The largest absolute Gasteiger partial charge is 0.332 e. The van der Waals surface area contributed by atoms with Crippen molar-refractivity contribution < 1.29 is 21.6 Å². The number of benzene rings is 1. The minimum Gasteiger partial charge on any atom is -0.332 e. The number of hydrogen-bond acceptors (Lipinski definition) is 3. The number of nitrogens with zero attached hydrogens (tertiary/aromatic N) is 1. The summed E-state index contributed by atoms with van der Waals surface area (Å²) in [5.74, 6) is -4.43. The number of aryl methyl sites for hydroxylation is 1. The Balaban J connectivity index is 2.39. The third-order valence-corrected chi connectivity index (χ3v) is 3.52. The van der Waals surface area contributed by atoms with Crippen molar-refractivity contribution in [2.45, 2.75) is 11.9 Å². The monoisotopic (exact) mass is 291 g/mol. The topological polar surface area (TPSA) is 74.8 Å². The van der Waals surface area contributed by atoms with Gasteiger partial charge in [-0.15, -0.1) is 0 Å². The van der Waals surface area contributed by atoms with Gasteiger partial charge in [0.05, 0.1) is 11.9 Å². The van der Waals surface area contributed by atoms with E-state index in [1.54, 1.807) is 4.72 Å². The minimum absolute atomic E-state index is 0.311. The Kier molecular flexibility index (Phi) is 3.23. The molecule has 5 nitrogen and oxygen atoms in total. The van der Waals surface area contributed by atoms with E-state index in [9.17, 15) is 21.6 Å². The fourth-order valence-corrected chi connectivity index (χ4v) is 2.37. The summed E-state index contributed by atoms with van der Waals surface area (Å²) in [5.41, 5.74) is -0.689. The molecular weight excluding hydrogens is 283 g/mol. The summed E-state index contributed by atoms with van der Waals surface area (Å²) in [6.45, 7) is 1.52. The van der Waals surface area contributed by atoms with Crippen molar-refractivity contribution in [1.82, 2.24) is 9.97 Å². The van der Waals surface area contributed by atoms with Crippen molar-refractivity contribution >= 4 is 15.7 Å². The maximum atomic E-state index is 13.3. The van der Waals surface area contributed by atoms with E-state index in [0.29, 0.717) is 11.9 Å². The van der Waals surface area contributed by atoms with E-state index in [-0.39, 0.29) is 5.03 Å². The molecule has 0 bridgehead atoms. The lowest BCUT2D eigenvalue weighted by Gasteiger charge is -2.07. The van der Waals surface area contributed by atoms with Crippen LogP contribution in [0.1, 0.15) is 5.82 Å². The molecule has 0 radical (unpaired) electrons. The Morgan fingerprint density at radius 2 is 1.89 bits per heavy atom. The first-order valence-electron chi connectivity index (χ1n) is 4.99. The van der Waals surface area contributed by atoms with E-state index < -0.39 is 33.2 Å². The van der Waals surface area contributed by atoms with Crippen LogP contribution < -0.4 is 4.72 Å². The van der Waals surface area contributed by atoms with Gasteiger partial charge < -0.3 is 4.98 Å². The number of halogens is 3. The van der Waals surface area contributed by atoms with E-state index in [2.05, 4.69) is 9.97 Å². The minimum atomic E-state index is -4.14. The molecule has 0 unspecified atom stereocenters. The van der Waals surface area contributed by atoms with Gasteiger partial charge in [0.25, 0.3) is 10.0 Å². The van der Waals surface area contributed by atoms with Gasteiger partial charge in [0.15, 0.2) is 22.5 Å². The third kappa shape index (κ3) is 2.55. The fraction of sp³-hybridized carbons (Fsp3) is 0.100. The van der Waals surface area contributed by atoms with Gasteiger partial charge in [0.2, 0.25) is 0 Å². The second-order valence-corrected chi connectivity index (χ2v) is 5.31. The van der Waals surface area contributed by atoms with Crippen LogP contribution >= 0.6 is 0 Å². The normalized spacial score (nSPS) is 11.6. The number of aromatic nitrogens is 2. The number of H-pyrrole nitrogens is 1. The maximum Gasteiger partial charge on any atom is 0.279 e. The van der Waals surface area contributed by atoms with Crippen LogP contribution in [0.25, 0.3) is 0 Å². The van der Waals surface area contributed by atoms with Crippen LogP contribution in [-0.2, 0) is 10.0 Å². The predicted octanol–water partition coefficient (Wildman–Crippen LogP) is 1.94. The summed E-state index contributed by atoms with van der Waals surface area (Å²) in [6, 6.07) is 1.41. The van der Waals surface area contributed by atoms with E-state index in [0.717, 1.165) is 12.3 Å². The van der Waals surface area contributed by atoms with Crippen molar-refractivity contribution in [2.75, 3.05) is 4.72 Å². The highest BCUT2D eigenvalue weighted by molar-refractivity contribution is 7.92. The summed E-state index contributed by atoms with van der Waals surface area (Å²) in [4.78, 5) is 6.11. The van der Waals surface area contributed by atoms with Crippen LogP contribution in [0.4, 0.5) is 18.9 Å². The summed E-state index contributed by atoms with van der Waals surface area (Å²) in [6.07, 6.45) is 1.02. The molecule has 0 saturated heterocycles. The molecule has 1 aromatic carbocycles. The van der Waals surface area contributed by atoms with Crippen molar-refractivity contribution in [1.29, 1.82) is 0 Å². The van der Waals surface area contributed by atoms with Crippen LogP contribution in [0.3, 0.4) is 0 Å². The maximum absolute atomic E-state index is 13.3. The highest BCUT2D eigenvalue weighted by atomic mass is 32.2. The Labute approximate surface area is 106 Å². The van der Waals surface area contributed by atoms with Crippen LogP contribution in [-0.4, -0.2) is 18.4 Å². The van der Waals surface area contributed by atoms with Gasteiger partial charge in [-0.2, -0.15) is 8.42 Å². The third-order valence-electron chi connectivity index (χ3n) is 2.25. The molecule has 1 heterocycles. The molecule has 0 spiro atoms. The van der Waals surface area contributed by atoms with Crippen LogP contribution in [0.2, 0.25) is 0 Å². The predicted molar refractivity (Wildman–Crippen MR) is 60.4 cm³/mol.